The first-order chi connectivity index (χ1) is 8.77. The van der Waals surface area contributed by atoms with Gasteiger partial charge in [0.15, 0.2) is 0 Å². The quantitative estimate of drug-likeness (QED) is 0.921. The fourth-order valence-corrected chi connectivity index (χ4v) is 2.72. The van der Waals surface area contributed by atoms with Gasteiger partial charge in [0.05, 0.1) is 15.7 Å². The van der Waals surface area contributed by atoms with Gasteiger partial charge in [0.2, 0.25) is 5.82 Å². The Hall–Kier alpha value is -1.33. The normalized spacial score (nSPS) is 15.3. The number of anilines is 1. The van der Waals surface area contributed by atoms with Crippen molar-refractivity contribution in [3.63, 3.8) is 0 Å². The molecule has 2 heterocycles. The Morgan fingerprint density at radius 3 is 2.56 bits per heavy atom. The highest BCUT2D eigenvalue weighted by molar-refractivity contribution is 6.45. The molecule has 0 radical (unpaired) electrons. The van der Waals surface area contributed by atoms with Gasteiger partial charge in [-0.1, -0.05) is 23.2 Å². The molecule has 0 unspecified atom stereocenters. The number of nitrogens with one attached hydrogen (secondary N) is 1. The zero-order valence-electron chi connectivity index (χ0n) is 9.53. The Labute approximate surface area is 114 Å². The monoisotopic (exact) mass is 283 g/mol. The lowest BCUT2D eigenvalue weighted by Gasteiger charge is -2.20. The average Bonchev–Trinajstić information content (AvgIpc) is 3.03. The molecule has 1 aromatic carbocycles. The molecule has 0 spiro atoms. The molecular formula is C11H11Cl2N5. The molecule has 1 saturated heterocycles. The van der Waals surface area contributed by atoms with Gasteiger partial charge in [0.1, 0.15) is 0 Å². The van der Waals surface area contributed by atoms with E-state index in [-0.39, 0.29) is 0 Å². The molecule has 0 saturated carbocycles. The van der Waals surface area contributed by atoms with Gasteiger partial charge in [0.25, 0.3) is 0 Å². The molecule has 2 aromatic rings. The molecule has 1 fully saturated rings. The first-order valence-corrected chi connectivity index (χ1v) is 6.50. The van der Waals surface area contributed by atoms with Crippen LogP contribution in [0.25, 0.3) is 11.4 Å². The predicted molar refractivity (Wildman–Crippen MR) is 71.1 cm³/mol. The van der Waals surface area contributed by atoms with Crippen LogP contribution >= 0.6 is 23.2 Å². The Bertz CT molecular complexity index is 549. The van der Waals surface area contributed by atoms with Crippen molar-refractivity contribution in [2.45, 2.75) is 12.8 Å². The minimum atomic E-state index is 0.454. The van der Waals surface area contributed by atoms with Crippen LogP contribution < -0.4 is 4.90 Å². The van der Waals surface area contributed by atoms with Crippen LogP contribution in [0.3, 0.4) is 0 Å². The number of benzene rings is 1. The van der Waals surface area contributed by atoms with Crippen LogP contribution in [0.2, 0.25) is 10.0 Å². The lowest BCUT2D eigenvalue weighted by Crippen LogP contribution is -2.18. The van der Waals surface area contributed by atoms with Gasteiger partial charge in [-0.3, -0.25) is 0 Å². The maximum atomic E-state index is 6.34. The van der Waals surface area contributed by atoms with E-state index >= 15 is 0 Å². The molecule has 0 atom stereocenters. The second-order valence-corrected chi connectivity index (χ2v) is 4.95. The molecule has 1 aliphatic heterocycles. The first kappa shape index (κ1) is 11.7. The maximum absolute atomic E-state index is 6.34. The van der Waals surface area contributed by atoms with Gasteiger partial charge < -0.3 is 4.90 Å². The highest BCUT2D eigenvalue weighted by atomic mass is 35.5. The van der Waals surface area contributed by atoms with Crippen molar-refractivity contribution in [3.8, 4) is 11.4 Å². The van der Waals surface area contributed by atoms with E-state index in [4.69, 9.17) is 23.2 Å². The van der Waals surface area contributed by atoms with Gasteiger partial charge in [0, 0.05) is 18.7 Å². The third kappa shape index (κ3) is 1.93. The van der Waals surface area contributed by atoms with Crippen LogP contribution in [0.15, 0.2) is 12.1 Å². The molecule has 1 N–H and O–H groups in total. The lowest BCUT2D eigenvalue weighted by atomic mass is 10.2. The van der Waals surface area contributed by atoms with Crippen molar-refractivity contribution in [1.29, 1.82) is 0 Å². The smallest absolute Gasteiger partial charge is 0.206 e. The van der Waals surface area contributed by atoms with Gasteiger partial charge in [-0.25, -0.2) is 0 Å². The van der Waals surface area contributed by atoms with E-state index in [1.165, 1.54) is 12.8 Å². The van der Waals surface area contributed by atoms with Crippen molar-refractivity contribution in [2.24, 2.45) is 0 Å². The van der Waals surface area contributed by atoms with E-state index in [1.807, 2.05) is 12.1 Å². The van der Waals surface area contributed by atoms with E-state index in [1.54, 1.807) is 0 Å². The Kier molecular flexibility index (Phi) is 3.09. The van der Waals surface area contributed by atoms with E-state index in [9.17, 15) is 0 Å². The number of rotatable bonds is 2. The zero-order chi connectivity index (χ0) is 12.5. The molecule has 0 bridgehead atoms. The highest BCUT2D eigenvalue weighted by Gasteiger charge is 2.20. The van der Waals surface area contributed by atoms with Crippen LogP contribution in [0.4, 0.5) is 5.69 Å². The molecule has 0 amide bonds. The third-order valence-corrected chi connectivity index (χ3v) is 3.97. The third-order valence-electron chi connectivity index (χ3n) is 3.09. The van der Waals surface area contributed by atoms with Gasteiger partial charge in [-0.15, -0.1) is 10.2 Å². The van der Waals surface area contributed by atoms with Gasteiger partial charge >= 0.3 is 0 Å². The predicted octanol–water partition coefficient (Wildman–Crippen LogP) is 2.77. The van der Waals surface area contributed by atoms with E-state index < -0.39 is 0 Å². The van der Waals surface area contributed by atoms with E-state index in [2.05, 4.69) is 25.5 Å². The minimum absolute atomic E-state index is 0.454. The number of hydrogen-bond donors (Lipinski definition) is 1. The second kappa shape index (κ2) is 4.74. The Morgan fingerprint density at radius 1 is 1.11 bits per heavy atom. The van der Waals surface area contributed by atoms with Crippen LogP contribution in [0.1, 0.15) is 12.8 Å². The van der Waals surface area contributed by atoms with Crippen molar-refractivity contribution in [3.05, 3.63) is 22.2 Å². The summed E-state index contributed by atoms with van der Waals surface area (Å²) in [7, 11) is 0. The average molecular weight is 284 g/mol. The van der Waals surface area contributed by atoms with Crippen LogP contribution in [0.5, 0.6) is 0 Å². The summed E-state index contributed by atoms with van der Waals surface area (Å²) in [5.41, 5.74) is 1.67. The minimum Gasteiger partial charge on any atom is -0.370 e. The maximum Gasteiger partial charge on any atom is 0.206 e. The summed E-state index contributed by atoms with van der Waals surface area (Å²) < 4.78 is 0. The fourth-order valence-electron chi connectivity index (χ4n) is 2.19. The second-order valence-electron chi connectivity index (χ2n) is 4.19. The summed E-state index contributed by atoms with van der Waals surface area (Å²) in [6, 6.07) is 3.85. The molecule has 18 heavy (non-hydrogen) atoms. The summed E-state index contributed by atoms with van der Waals surface area (Å²) in [6.45, 7) is 2.05. The van der Waals surface area contributed by atoms with Gasteiger partial charge in [-0.05, 0) is 30.2 Å². The van der Waals surface area contributed by atoms with Crippen LogP contribution in [-0.4, -0.2) is 33.7 Å². The zero-order valence-corrected chi connectivity index (χ0v) is 11.0. The fraction of sp³-hybridized carbons (Fsp3) is 0.364. The summed E-state index contributed by atoms with van der Waals surface area (Å²) >= 11 is 12.6. The van der Waals surface area contributed by atoms with Crippen molar-refractivity contribution >= 4 is 28.9 Å². The molecular weight excluding hydrogens is 273 g/mol. The lowest BCUT2D eigenvalue weighted by molar-refractivity contribution is 0.881. The molecule has 3 rings (SSSR count). The number of nitrogens with zero attached hydrogens (tertiary/aromatic N) is 4. The van der Waals surface area contributed by atoms with Crippen LogP contribution in [0, 0.1) is 0 Å². The van der Waals surface area contributed by atoms with Crippen molar-refractivity contribution in [2.75, 3.05) is 18.0 Å². The SMILES string of the molecule is Clc1c(-c2nn[nH]n2)ccc(N2CCCC2)c1Cl. The number of halogens is 2. The number of tetrazole rings is 1. The topological polar surface area (TPSA) is 57.7 Å². The number of H-pyrrole nitrogens is 1. The molecule has 1 aromatic heterocycles. The molecule has 1 aliphatic rings. The van der Waals surface area contributed by atoms with Crippen LogP contribution in [-0.2, 0) is 0 Å². The summed E-state index contributed by atoms with van der Waals surface area (Å²) in [4.78, 5) is 2.24. The Morgan fingerprint density at radius 2 is 1.89 bits per heavy atom. The molecule has 0 aliphatic carbocycles. The summed E-state index contributed by atoms with van der Waals surface area (Å²) in [5.74, 6) is 0.454. The largest absolute Gasteiger partial charge is 0.370 e. The summed E-state index contributed by atoms with van der Waals surface area (Å²) in [5, 5.41) is 14.8. The number of aromatic nitrogens is 4. The Balaban J connectivity index is 2.03. The molecule has 7 heteroatoms. The number of aromatic amines is 1. The highest BCUT2D eigenvalue weighted by Crippen LogP contribution is 2.39. The molecule has 94 valence electrons. The standard InChI is InChI=1S/C11H11Cl2N5/c12-9-7(11-14-16-17-15-11)3-4-8(10(9)13)18-5-1-2-6-18/h3-4H,1-2,5-6H2,(H,14,15,16,17). The summed E-state index contributed by atoms with van der Waals surface area (Å²) in [6.07, 6.45) is 2.39. The van der Waals surface area contributed by atoms with Gasteiger partial charge in [-0.2, -0.15) is 5.21 Å². The van der Waals surface area contributed by atoms with E-state index in [0.29, 0.717) is 21.4 Å². The number of hydrogen-bond acceptors (Lipinski definition) is 4. The van der Waals surface area contributed by atoms with E-state index in [0.717, 1.165) is 18.8 Å². The van der Waals surface area contributed by atoms with Crippen molar-refractivity contribution < 1.29 is 0 Å². The molecule has 5 nitrogen and oxygen atoms in total. The first-order valence-electron chi connectivity index (χ1n) is 5.74. The van der Waals surface area contributed by atoms with Crippen molar-refractivity contribution in [1.82, 2.24) is 20.6 Å².